The van der Waals surface area contributed by atoms with Crippen LogP contribution in [0.25, 0.3) is 5.57 Å². The molecule has 0 aliphatic carbocycles. The molecule has 1 nitrogen and oxygen atoms in total. The van der Waals surface area contributed by atoms with Crippen molar-refractivity contribution < 1.29 is 0 Å². The monoisotopic (exact) mass is 217 g/mol. The van der Waals surface area contributed by atoms with E-state index in [9.17, 15) is 0 Å². The minimum Gasteiger partial charge on any atom is -0.310 e. The zero-order valence-electron chi connectivity index (χ0n) is 10.7. The van der Waals surface area contributed by atoms with Crippen LogP contribution < -0.4 is 5.32 Å². The van der Waals surface area contributed by atoms with E-state index in [0.29, 0.717) is 12.0 Å². The van der Waals surface area contributed by atoms with Gasteiger partial charge in [0.2, 0.25) is 0 Å². The van der Waals surface area contributed by atoms with Gasteiger partial charge >= 0.3 is 0 Å². The van der Waals surface area contributed by atoms with Crippen molar-refractivity contribution in [3.63, 3.8) is 0 Å². The summed E-state index contributed by atoms with van der Waals surface area (Å²) < 4.78 is 0. The van der Waals surface area contributed by atoms with Crippen LogP contribution in [0.15, 0.2) is 36.9 Å². The van der Waals surface area contributed by atoms with E-state index in [1.165, 1.54) is 12.0 Å². The van der Waals surface area contributed by atoms with Gasteiger partial charge in [-0.3, -0.25) is 0 Å². The largest absolute Gasteiger partial charge is 0.310 e. The van der Waals surface area contributed by atoms with Crippen LogP contribution in [0.4, 0.5) is 0 Å². The van der Waals surface area contributed by atoms with Crippen molar-refractivity contribution in [2.75, 3.05) is 6.54 Å². The van der Waals surface area contributed by atoms with Crippen LogP contribution in [0.5, 0.6) is 0 Å². The summed E-state index contributed by atoms with van der Waals surface area (Å²) in [4.78, 5) is 0. The molecule has 0 aliphatic heterocycles. The van der Waals surface area contributed by atoms with Crippen molar-refractivity contribution in [2.24, 2.45) is 5.92 Å². The summed E-state index contributed by atoms with van der Waals surface area (Å²) in [5, 5.41) is 3.53. The predicted octanol–water partition coefficient (Wildman–Crippen LogP) is 3.72. The fourth-order valence-corrected chi connectivity index (χ4v) is 1.61. The first-order valence-electron chi connectivity index (χ1n) is 6.11. The maximum atomic E-state index is 4.12. The number of rotatable bonds is 6. The van der Waals surface area contributed by atoms with Gasteiger partial charge in [-0.15, -0.1) is 0 Å². The smallest absolute Gasteiger partial charge is 0.0208 e. The highest BCUT2D eigenvalue weighted by atomic mass is 14.9. The molecule has 0 amide bonds. The van der Waals surface area contributed by atoms with Crippen LogP contribution in [0.2, 0.25) is 0 Å². The average Bonchev–Trinajstić information content (AvgIpc) is 2.35. The number of benzene rings is 1. The topological polar surface area (TPSA) is 12.0 Å². The van der Waals surface area contributed by atoms with Gasteiger partial charge in [0.15, 0.2) is 0 Å². The predicted molar refractivity (Wildman–Crippen MR) is 72.4 cm³/mol. The minimum absolute atomic E-state index is 0.547. The molecule has 0 spiro atoms. The van der Waals surface area contributed by atoms with Crippen LogP contribution in [0.1, 0.15) is 32.8 Å². The van der Waals surface area contributed by atoms with Gasteiger partial charge in [0.05, 0.1) is 0 Å². The Hall–Kier alpha value is -1.08. The molecule has 1 aromatic rings. The van der Waals surface area contributed by atoms with Gasteiger partial charge in [0, 0.05) is 12.6 Å². The summed E-state index contributed by atoms with van der Waals surface area (Å²) in [7, 11) is 0. The van der Waals surface area contributed by atoms with Gasteiger partial charge in [0.1, 0.15) is 0 Å². The molecule has 0 fully saturated rings. The first-order valence-corrected chi connectivity index (χ1v) is 6.11. The molecule has 16 heavy (non-hydrogen) atoms. The fraction of sp³-hybridized carbons (Fsp3) is 0.467. The van der Waals surface area contributed by atoms with Crippen molar-refractivity contribution in [3.05, 3.63) is 42.5 Å². The molecule has 0 aromatic heterocycles. The van der Waals surface area contributed by atoms with Crippen molar-refractivity contribution in [2.45, 2.75) is 33.2 Å². The minimum atomic E-state index is 0.547. The van der Waals surface area contributed by atoms with Gasteiger partial charge in [-0.25, -0.2) is 0 Å². The van der Waals surface area contributed by atoms with Gasteiger partial charge in [-0.1, -0.05) is 57.2 Å². The molecule has 0 aliphatic rings. The molecule has 1 N–H and O–H groups in total. The summed E-state index contributed by atoms with van der Waals surface area (Å²) in [5.41, 5.74) is 2.39. The quantitative estimate of drug-likeness (QED) is 0.765. The second-order valence-corrected chi connectivity index (χ2v) is 4.52. The Labute approximate surface area is 99.6 Å². The molecule has 1 heteroatoms. The zero-order chi connectivity index (χ0) is 12.0. The molecule has 1 aromatic carbocycles. The van der Waals surface area contributed by atoms with Crippen LogP contribution in [0.3, 0.4) is 0 Å². The second kappa shape index (κ2) is 6.49. The Morgan fingerprint density at radius 1 is 1.25 bits per heavy atom. The van der Waals surface area contributed by atoms with Crippen LogP contribution in [-0.4, -0.2) is 12.6 Å². The molecular weight excluding hydrogens is 194 g/mol. The Morgan fingerprint density at radius 3 is 2.44 bits per heavy atom. The standard InChI is InChI=1S/C15H23N/c1-5-12(2)14(4)16-11-13(3)15-9-7-6-8-10-15/h6-10,12,14,16H,3,5,11H2,1-2,4H3. The zero-order valence-corrected chi connectivity index (χ0v) is 10.7. The third-order valence-corrected chi connectivity index (χ3v) is 3.32. The lowest BCUT2D eigenvalue weighted by atomic mass is 10.00. The summed E-state index contributed by atoms with van der Waals surface area (Å²) in [5.74, 6) is 0.712. The van der Waals surface area contributed by atoms with E-state index in [-0.39, 0.29) is 0 Å². The highest BCUT2D eigenvalue weighted by Crippen LogP contribution is 2.12. The summed E-state index contributed by atoms with van der Waals surface area (Å²) in [6.07, 6.45) is 1.21. The second-order valence-electron chi connectivity index (χ2n) is 4.52. The van der Waals surface area contributed by atoms with Crippen LogP contribution >= 0.6 is 0 Å². The molecule has 0 bridgehead atoms. The molecule has 2 atom stereocenters. The Balaban J connectivity index is 2.42. The van der Waals surface area contributed by atoms with Gasteiger partial charge in [0.25, 0.3) is 0 Å². The van der Waals surface area contributed by atoms with E-state index in [1.807, 2.05) is 6.07 Å². The maximum Gasteiger partial charge on any atom is 0.0208 e. The molecule has 0 radical (unpaired) electrons. The Bertz CT molecular complexity index is 315. The van der Waals surface area contributed by atoms with E-state index in [4.69, 9.17) is 0 Å². The Morgan fingerprint density at radius 2 is 1.88 bits per heavy atom. The van der Waals surface area contributed by atoms with E-state index < -0.39 is 0 Å². The van der Waals surface area contributed by atoms with Crippen molar-refractivity contribution in [3.8, 4) is 0 Å². The maximum absolute atomic E-state index is 4.12. The first kappa shape index (κ1) is 13.0. The fourth-order valence-electron chi connectivity index (χ4n) is 1.61. The van der Waals surface area contributed by atoms with E-state index in [1.54, 1.807) is 0 Å². The molecule has 0 heterocycles. The lowest BCUT2D eigenvalue weighted by Gasteiger charge is -2.20. The lowest BCUT2D eigenvalue weighted by Crippen LogP contribution is -2.32. The highest BCUT2D eigenvalue weighted by Gasteiger charge is 2.09. The van der Waals surface area contributed by atoms with Crippen molar-refractivity contribution in [1.29, 1.82) is 0 Å². The SMILES string of the molecule is C=C(CNC(C)C(C)CC)c1ccccc1. The molecule has 0 saturated heterocycles. The van der Waals surface area contributed by atoms with Gasteiger partial charge < -0.3 is 5.32 Å². The third-order valence-electron chi connectivity index (χ3n) is 3.32. The molecule has 0 saturated carbocycles. The van der Waals surface area contributed by atoms with E-state index in [2.05, 4.69) is 56.9 Å². The first-order chi connectivity index (χ1) is 7.65. The molecule has 1 rings (SSSR count). The molecular formula is C15H23N. The van der Waals surface area contributed by atoms with Gasteiger partial charge in [-0.2, -0.15) is 0 Å². The summed E-state index contributed by atoms with van der Waals surface area (Å²) >= 11 is 0. The van der Waals surface area contributed by atoms with Crippen LogP contribution in [0, 0.1) is 5.92 Å². The lowest BCUT2D eigenvalue weighted by molar-refractivity contribution is 0.406. The normalized spacial score (nSPS) is 14.4. The summed E-state index contributed by atoms with van der Waals surface area (Å²) in [6, 6.07) is 10.9. The molecule has 2 unspecified atom stereocenters. The highest BCUT2D eigenvalue weighted by molar-refractivity contribution is 5.64. The van der Waals surface area contributed by atoms with E-state index >= 15 is 0 Å². The number of nitrogens with one attached hydrogen (secondary N) is 1. The van der Waals surface area contributed by atoms with E-state index in [0.717, 1.165) is 12.1 Å². The van der Waals surface area contributed by atoms with Crippen LogP contribution in [-0.2, 0) is 0 Å². The Kier molecular flexibility index (Phi) is 5.27. The molecule has 88 valence electrons. The third kappa shape index (κ3) is 3.82. The van der Waals surface area contributed by atoms with Gasteiger partial charge in [-0.05, 0) is 24.0 Å². The van der Waals surface area contributed by atoms with Crippen molar-refractivity contribution >= 4 is 5.57 Å². The number of hydrogen-bond donors (Lipinski definition) is 1. The average molecular weight is 217 g/mol. The number of hydrogen-bond acceptors (Lipinski definition) is 1. The summed E-state index contributed by atoms with van der Waals surface area (Å²) in [6.45, 7) is 11.7. The van der Waals surface area contributed by atoms with Crippen molar-refractivity contribution in [1.82, 2.24) is 5.32 Å².